The monoisotopic (exact) mass is 567 g/mol. The van der Waals surface area contributed by atoms with Gasteiger partial charge in [-0.3, -0.25) is 13.9 Å². The minimum absolute atomic E-state index is 0.0766. The quantitative estimate of drug-likeness (QED) is 0.398. The number of nitrogens with one attached hydrogen (secondary N) is 1. The average molecular weight is 569 g/mol. The van der Waals surface area contributed by atoms with Gasteiger partial charge in [-0.25, -0.2) is 8.42 Å². The molecular formula is C27H35Cl2N3O4S. The summed E-state index contributed by atoms with van der Waals surface area (Å²) in [6, 6.07) is 11.7. The van der Waals surface area contributed by atoms with Crippen LogP contribution < -0.4 is 9.62 Å². The molecule has 0 saturated heterocycles. The van der Waals surface area contributed by atoms with E-state index in [9.17, 15) is 18.0 Å². The van der Waals surface area contributed by atoms with Crippen molar-refractivity contribution in [3.8, 4) is 0 Å². The van der Waals surface area contributed by atoms with Crippen molar-refractivity contribution in [1.82, 2.24) is 10.2 Å². The normalized spacial score (nSPS) is 14.8. The van der Waals surface area contributed by atoms with Crippen molar-refractivity contribution in [2.75, 3.05) is 17.1 Å². The molecule has 0 unspecified atom stereocenters. The lowest BCUT2D eigenvalue weighted by Gasteiger charge is -2.30. The highest BCUT2D eigenvalue weighted by Gasteiger charge is 2.29. The predicted molar refractivity (Wildman–Crippen MR) is 149 cm³/mol. The summed E-state index contributed by atoms with van der Waals surface area (Å²) in [4.78, 5) is 28.0. The van der Waals surface area contributed by atoms with E-state index >= 15 is 0 Å². The first-order valence-corrected chi connectivity index (χ1v) is 15.1. The van der Waals surface area contributed by atoms with Crippen LogP contribution in [0.3, 0.4) is 0 Å². The molecule has 1 fully saturated rings. The zero-order valence-corrected chi connectivity index (χ0v) is 23.9. The molecule has 0 bridgehead atoms. The van der Waals surface area contributed by atoms with Crippen molar-refractivity contribution in [2.45, 2.75) is 71.0 Å². The lowest BCUT2D eigenvalue weighted by atomic mass is 10.1. The Balaban J connectivity index is 1.74. The second-order valence-corrected chi connectivity index (χ2v) is 12.5. The molecule has 37 heavy (non-hydrogen) atoms. The van der Waals surface area contributed by atoms with Crippen LogP contribution in [0.15, 0.2) is 42.5 Å². The number of sulfonamides is 1. The molecule has 1 saturated carbocycles. The van der Waals surface area contributed by atoms with Crippen LogP contribution in [0.4, 0.5) is 5.69 Å². The summed E-state index contributed by atoms with van der Waals surface area (Å²) in [6.07, 6.45) is 5.57. The van der Waals surface area contributed by atoms with E-state index < -0.39 is 16.1 Å². The van der Waals surface area contributed by atoms with Crippen LogP contribution >= 0.6 is 23.2 Å². The standard InChI is InChI=1S/C27H35Cl2N3O4S/c1-19-13-14-23(29)17-25(19)32(37(3,35)36)15-7-12-26(33)31(18-21-8-6-9-22(28)16-21)20(2)27(34)30-24-10-4-5-11-24/h6,8-9,13-14,16-17,20,24H,4-5,7,10-12,15,18H2,1-3H3,(H,30,34)/t20-/m0/s1. The Morgan fingerprint density at radius 3 is 2.41 bits per heavy atom. The molecule has 0 aromatic heterocycles. The zero-order chi connectivity index (χ0) is 27.2. The molecule has 2 amide bonds. The van der Waals surface area contributed by atoms with Crippen molar-refractivity contribution in [3.63, 3.8) is 0 Å². The molecule has 0 aliphatic heterocycles. The van der Waals surface area contributed by atoms with E-state index in [-0.39, 0.29) is 43.8 Å². The summed E-state index contributed by atoms with van der Waals surface area (Å²) in [7, 11) is -3.60. The molecular weight excluding hydrogens is 533 g/mol. The Bertz CT molecular complexity index is 1220. The fourth-order valence-corrected chi connectivity index (χ4v) is 6.03. The summed E-state index contributed by atoms with van der Waals surface area (Å²) in [5.74, 6) is -0.417. The third kappa shape index (κ3) is 8.35. The van der Waals surface area contributed by atoms with Gasteiger partial charge in [0.05, 0.1) is 11.9 Å². The first kappa shape index (κ1) is 29.3. The van der Waals surface area contributed by atoms with Crippen molar-refractivity contribution in [2.24, 2.45) is 0 Å². The van der Waals surface area contributed by atoms with E-state index in [1.807, 2.05) is 13.0 Å². The van der Waals surface area contributed by atoms with Gasteiger partial charge in [-0.1, -0.05) is 54.2 Å². The number of amides is 2. The lowest BCUT2D eigenvalue weighted by molar-refractivity contribution is -0.141. The van der Waals surface area contributed by atoms with Gasteiger partial charge in [-0.2, -0.15) is 0 Å². The molecule has 202 valence electrons. The van der Waals surface area contributed by atoms with Gasteiger partial charge in [0.2, 0.25) is 21.8 Å². The third-order valence-electron chi connectivity index (χ3n) is 6.70. The van der Waals surface area contributed by atoms with Gasteiger partial charge >= 0.3 is 0 Å². The number of nitrogens with zero attached hydrogens (tertiary/aromatic N) is 2. The molecule has 0 heterocycles. The summed E-state index contributed by atoms with van der Waals surface area (Å²) >= 11 is 12.3. The van der Waals surface area contributed by atoms with Crippen LogP contribution in [0, 0.1) is 6.92 Å². The maximum Gasteiger partial charge on any atom is 0.242 e. The Hall–Kier alpha value is -2.29. The molecule has 3 rings (SSSR count). The molecule has 1 atom stereocenters. The van der Waals surface area contributed by atoms with Gasteiger partial charge < -0.3 is 10.2 Å². The fraction of sp³-hybridized carbons (Fsp3) is 0.481. The number of benzene rings is 2. The van der Waals surface area contributed by atoms with E-state index in [0.717, 1.165) is 43.1 Å². The highest BCUT2D eigenvalue weighted by atomic mass is 35.5. The first-order valence-electron chi connectivity index (χ1n) is 12.5. The van der Waals surface area contributed by atoms with Gasteiger partial charge in [0.1, 0.15) is 6.04 Å². The second kappa shape index (κ2) is 13.0. The van der Waals surface area contributed by atoms with Gasteiger partial charge in [0.25, 0.3) is 0 Å². The summed E-state index contributed by atoms with van der Waals surface area (Å²) in [5, 5.41) is 4.06. The molecule has 1 aliphatic rings. The van der Waals surface area contributed by atoms with Crippen LogP contribution in [0.25, 0.3) is 0 Å². The topological polar surface area (TPSA) is 86.8 Å². The number of hydrogen-bond acceptors (Lipinski definition) is 4. The van der Waals surface area contributed by atoms with Gasteiger partial charge in [0, 0.05) is 35.6 Å². The molecule has 0 spiro atoms. The Labute approximate surface area is 230 Å². The Morgan fingerprint density at radius 2 is 1.76 bits per heavy atom. The number of carbonyl (C=O) groups is 2. The van der Waals surface area contributed by atoms with Gasteiger partial charge in [-0.15, -0.1) is 0 Å². The third-order valence-corrected chi connectivity index (χ3v) is 8.35. The first-order chi connectivity index (χ1) is 17.5. The van der Waals surface area contributed by atoms with Crippen LogP contribution in [0.2, 0.25) is 10.0 Å². The smallest absolute Gasteiger partial charge is 0.242 e. The minimum atomic E-state index is -3.60. The number of hydrogen-bond donors (Lipinski definition) is 1. The molecule has 1 N–H and O–H groups in total. The number of halogens is 2. The summed E-state index contributed by atoms with van der Waals surface area (Å²) in [5.41, 5.74) is 2.07. The minimum Gasteiger partial charge on any atom is -0.352 e. The van der Waals surface area contributed by atoms with Crippen LogP contribution in [-0.4, -0.2) is 50.0 Å². The summed E-state index contributed by atoms with van der Waals surface area (Å²) < 4.78 is 26.4. The van der Waals surface area contributed by atoms with Crippen LogP contribution in [0.1, 0.15) is 56.6 Å². The van der Waals surface area contributed by atoms with E-state index in [0.29, 0.717) is 15.7 Å². The van der Waals surface area contributed by atoms with Gasteiger partial charge in [0.15, 0.2) is 0 Å². The van der Waals surface area contributed by atoms with E-state index in [2.05, 4.69) is 5.32 Å². The van der Waals surface area contributed by atoms with E-state index in [1.54, 1.807) is 48.2 Å². The maximum absolute atomic E-state index is 13.4. The van der Waals surface area contributed by atoms with E-state index in [4.69, 9.17) is 23.2 Å². The Morgan fingerprint density at radius 1 is 1.08 bits per heavy atom. The fourth-order valence-electron chi connectivity index (χ4n) is 4.64. The van der Waals surface area contributed by atoms with E-state index in [1.165, 1.54) is 4.31 Å². The molecule has 1 aliphatic carbocycles. The number of anilines is 1. The van der Waals surface area contributed by atoms with Crippen LogP contribution in [-0.2, 0) is 26.2 Å². The van der Waals surface area contributed by atoms with Crippen molar-refractivity contribution >= 4 is 50.7 Å². The molecule has 10 heteroatoms. The summed E-state index contributed by atoms with van der Waals surface area (Å²) in [6.45, 7) is 3.87. The Kier molecular flexibility index (Phi) is 10.3. The highest BCUT2D eigenvalue weighted by molar-refractivity contribution is 7.92. The van der Waals surface area contributed by atoms with Crippen molar-refractivity contribution < 1.29 is 18.0 Å². The largest absolute Gasteiger partial charge is 0.352 e. The molecule has 7 nitrogen and oxygen atoms in total. The second-order valence-electron chi connectivity index (χ2n) is 9.69. The maximum atomic E-state index is 13.4. The molecule has 2 aromatic carbocycles. The highest BCUT2D eigenvalue weighted by Crippen LogP contribution is 2.27. The molecule has 0 radical (unpaired) electrons. The number of carbonyl (C=O) groups excluding carboxylic acids is 2. The number of aryl methyl sites for hydroxylation is 1. The zero-order valence-electron chi connectivity index (χ0n) is 21.5. The lowest BCUT2D eigenvalue weighted by Crippen LogP contribution is -2.49. The SMILES string of the molecule is Cc1ccc(Cl)cc1N(CCCC(=O)N(Cc1cccc(Cl)c1)[C@@H](C)C(=O)NC1CCCC1)S(C)(=O)=O. The average Bonchev–Trinajstić information content (AvgIpc) is 3.34. The molecule has 2 aromatic rings. The predicted octanol–water partition coefficient (Wildman–Crippen LogP) is 5.32. The van der Waals surface area contributed by atoms with Crippen molar-refractivity contribution in [3.05, 3.63) is 63.6 Å². The van der Waals surface area contributed by atoms with Crippen molar-refractivity contribution in [1.29, 1.82) is 0 Å². The number of rotatable bonds is 11. The van der Waals surface area contributed by atoms with Crippen LogP contribution in [0.5, 0.6) is 0 Å². The van der Waals surface area contributed by atoms with Gasteiger partial charge in [-0.05, 0) is 68.5 Å².